The third kappa shape index (κ3) is 3.46. The van der Waals surface area contributed by atoms with Crippen LogP contribution in [0.3, 0.4) is 0 Å². The summed E-state index contributed by atoms with van der Waals surface area (Å²) >= 11 is 0. The minimum Gasteiger partial charge on any atom is -0.312 e. The first kappa shape index (κ1) is 12.4. The fraction of sp³-hybridized carbons (Fsp3) is 1.00. The van der Waals surface area contributed by atoms with E-state index >= 15 is 0 Å². The Morgan fingerprint density at radius 1 is 1.19 bits per heavy atom. The van der Waals surface area contributed by atoms with Crippen molar-refractivity contribution < 1.29 is 0 Å². The Bertz CT molecular complexity index is 195. The van der Waals surface area contributed by atoms with Crippen LogP contribution >= 0.6 is 0 Å². The molecule has 94 valence electrons. The van der Waals surface area contributed by atoms with Gasteiger partial charge in [0.05, 0.1) is 0 Å². The lowest BCUT2D eigenvalue weighted by Gasteiger charge is -2.45. The maximum Gasteiger partial charge on any atom is 0.0224 e. The summed E-state index contributed by atoms with van der Waals surface area (Å²) in [5, 5.41) is 3.79. The van der Waals surface area contributed by atoms with Crippen molar-refractivity contribution in [1.29, 1.82) is 0 Å². The molecule has 2 nitrogen and oxygen atoms in total. The maximum atomic E-state index is 3.79. The first-order chi connectivity index (χ1) is 7.75. The molecule has 3 aliphatic heterocycles. The number of hydrogen-bond donors (Lipinski definition) is 1. The molecule has 1 N–H and O–H groups in total. The van der Waals surface area contributed by atoms with E-state index in [0.717, 1.165) is 17.9 Å². The average Bonchev–Trinajstić information content (AvgIpc) is 2.30. The second-order valence-corrected chi connectivity index (χ2v) is 6.09. The lowest BCUT2D eigenvalue weighted by molar-refractivity contribution is 0.0727. The van der Waals surface area contributed by atoms with Crippen molar-refractivity contribution in [3.8, 4) is 0 Å². The quantitative estimate of drug-likeness (QED) is 0.697. The van der Waals surface area contributed by atoms with Crippen LogP contribution in [0, 0.1) is 11.8 Å². The average molecular weight is 224 g/mol. The highest BCUT2D eigenvalue weighted by atomic mass is 15.2. The summed E-state index contributed by atoms with van der Waals surface area (Å²) in [5.41, 5.74) is 0. The molecule has 2 heteroatoms. The van der Waals surface area contributed by atoms with Gasteiger partial charge in [0.2, 0.25) is 0 Å². The van der Waals surface area contributed by atoms with Crippen molar-refractivity contribution in [2.45, 2.75) is 52.0 Å². The molecule has 0 saturated carbocycles. The Morgan fingerprint density at radius 3 is 2.50 bits per heavy atom. The molecule has 1 atom stereocenters. The van der Waals surface area contributed by atoms with E-state index in [1.54, 1.807) is 0 Å². The number of piperidine rings is 3. The fourth-order valence-corrected chi connectivity index (χ4v) is 3.16. The van der Waals surface area contributed by atoms with Crippen LogP contribution in [0.4, 0.5) is 0 Å². The zero-order valence-corrected chi connectivity index (χ0v) is 11.0. The zero-order valence-electron chi connectivity index (χ0n) is 11.0. The van der Waals surface area contributed by atoms with Crippen molar-refractivity contribution >= 4 is 0 Å². The van der Waals surface area contributed by atoms with E-state index in [4.69, 9.17) is 0 Å². The van der Waals surface area contributed by atoms with Gasteiger partial charge < -0.3 is 10.2 Å². The molecule has 0 aromatic rings. The molecule has 0 amide bonds. The number of nitrogens with zero attached hydrogens (tertiary/aromatic N) is 1. The van der Waals surface area contributed by atoms with Gasteiger partial charge in [-0.25, -0.2) is 0 Å². The lowest BCUT2D eigenvalue weighted by Crippen LogP contribution is -2.56. The summed E-state index contributed by atoms with van der Waals surface area (Å²) < 4.78 is 0. The number of nitrogens with one attached hydrogen (secondary N) is 1. The van der Waals surface area contributed by atoms with Gasteiger partial charge in [0.15, 0.2) is 0 Å². The predicted molar refractivity (Wildman–Crippen MR) is 69.6 cm³/mol. The van der Waals surface area contributed by atoms with Crippen molar-refractivity contribution in [2.75, 3.05) is 26.2 Å². The molecule has 1 unspecified atom stereocenters. The molecule has 0 spiro atoms. The second-order valence-electron chi connectivity index (χ2n) is 6.09. The van der Waals surface area contributed by atoms with Gasteiger partial charge in [-0.2, -0.15) is 0 Å². The Hall–Kier alpha value is -0.0800. The SMILES string of the molecule is CC(C)CCCCNC1CN2CCC1CC2. The topological polar surface area (TPSA) is 15.3 Å². The molecule has 0 aromatic carbocycles. The van der Waals surface area contributed by atoms with E-state index < -0.39 is 0 Å². The first-order valence-electron chi connectivity index (χ1n) is 7.21. The summed E-state index contributed by atoms with van der Waals surface area (Å²) in [6.45, 7) is 9.91. The minimum absolute atomic E-state index is 0.807. The summed E-state index contributed by atoms with van der Waals surface area (Å²) in [7, 11) is 0. The van der Waals surface area contributed by atoms with Crippen LogP contribution in [0.25, 0.3) is 0 Å². The Kier molecular flexibility index (Phi) is 4.66. The third-order valence-electron chi connectivity index (χ3n) is 4.27. The van der Waals surface area contributed by atoms with E-state index in [9.17, 15) is 0 Å². The summed E-state index contributed by atoms with van der Waals surface area (Å²) in [5.74, 6) is 1.85. The van der Waals surface area contributed by atoms with Gasteiger partial charge in [0.25, 0.3) is 0 Å². The van der Waals surface area contributed by atoms with Crippen LogP contribution in [-0.4, -0.2) is 37.1 Å². The van der Waals surface area contributed by atoms with Gasteiger partial charge in [0.1, 0.15) is 0 Å². The van der Waals surface area contributed by atoms with Crippen LogP contribution in [-0.2, 0) is 0 Å². The highest BCUT2D eigenvalue weighted by Crippen LogP contribution is 2.27. The molecule has 3 fully saturated rings. The first-order valence-corrected chi connectivity index (χ1v) is 7.21. The lowest BCUT2D eigenvalue weighted by atomic mass is 9.84. The molecular weight excluding hydrogens is 196 g/mol. The molecule has 3 aliphatic rings. The molecule has 0 radical (unpaired) electrons. The molecule has 2 bridgehead atoms. The molecule has 3 saturated heterocycles. The highest BCUT2D eigenvalue weighted by Gasteiger charge is 2.33. The van der Waals surface area contributed by atoms with E-state index in [2.05, 4.69) is 24.1 Å². The number of fused-ring (bicyclic) bond motifs is 3. The second kappa shape index (κ2) is 6.02. The van der Waals surface area contributed by atoms with Crippen molar-refractivity contribution in [2.24, 2.45) is 11.8 Å². The predicted octanol–water partition coefficient (Wildman–Crippen LogP) is 2.50. The van der Waals surface area contributed by atoms with Crippen LogP contribution in [0.5, 0.6) is 0 Å². The molecular formula is C14H28N2. The van der Waals surface area contributed by atoms with Gasteiger partial charge in [0, 0.05) is 12.6 Å². The van der Waals surface area contributed by atoms with E-state index in [1.165, 1.54) is 58.3 Å². The van der Waals surface area contributed by atoms with Gasteiger partial charge >= 0.3 is 0 Å². The molecule has 16 heavy (non-hydrogen) atoms. The fourth-order valence-electron chi connectivity index (χ4n) is 3.16. The van der Waals surface area contributed by atoms with Gasteiger partial charge in [-0.15, -0.1) is 0 Å². The molecule has 0 aliphatic carbocycles. The molecule has 3 rings (SSSR count). The molecule has 0 aromatic heterocycles. The van der Waals surface area contributed by atoms with Crippen LogP contribution in [0.1, 0.15) is 46.0 Å². The zero-order chi connectivity index (χ0) is 11.4. The van der Waals surface area contributed by atoms with E-state index in [0.29, 0.717) is 0 Å². The number of rotatable bonds is 6. The Balaban J connectivity index is 1.56. The van der Waals surface area contributed by atoms with Gasteiger partial charge in [-0.05, 0) is 50.7 Å². The normalized spacial score (nSPS) is 33.6. The standard InChI is InChI=1S/C14H28N2/c1-12(2)5-3-4-8-15-14-11-16-9-6-13(14)7-10-16/h12-15H,3-11H2,1-2H3. The minimum atomic E-state index is 0.807. The Labute approximate surface area is 101 Å². The monoisotopic (exact) mass is 224 g/mol. The van der Waals surface area contributed by atoms with E-state index in [-0.39, 0.29) is 0 Å². The highest BCUT2D eigenvalue weighted by molar-refractivity contribution is 4.90. The number of unbranched alkanes of at least 4 members (excludes halogenated alkanes) is 1. The molecule has 3 heterocycles. The van der Waals surface area contributed by atoms with Gasteiger partial charge in [-0.3, -0.25) is 0 Å². The Morgan fingerprint density at radius 2 is 1.94 bits per heavy atom. The smallest absolute Gasteiger partial charge is 0.0224 e. The van der Waals surface area contributed by atoms with Crippen molar-refractivity contribution in [1.82, 2.24) is 10.2 Å². The summed E-state index contributed by atoms with van der Waals surface area (Å²) in [4.78, 5) is 2.63. The van der Waals surface area contributed by atoms with Gasteiger partial charge in [-0.1, -0.05) is 26.7 Å². The maximum absolute atomic E-state index is 3.79. The van der Waals surface area contributed by atoms with Crippen LogP contribution in [0.2, 0.25) is 0 Å². The van der Waals surface area contributed by atoms with Crippen molar-refractivity contribution in [3.05, 3.63) is 0 Å². The third-order valence-corrected chi connectivity index (χ3v) is 4.27. The number of hydrogen-bond acceptors (Lipinski definition) is 2. The van der Waals surface area contributed by atoms with Crippen LogP contribution in [0.15, 0.2) is 0 Å². The van der Waals surface area contributed by atoms with Crippen molar-refractivity contribution in [3.63, 3.8) is 0 Å². The van der Waals surface area contributed by atoms with Crippen LogP contribution < -0.4 is 5.32 Å². The van der Waals surface area contributed by atoms with E-state index in [1.807, 2.05) is 0 Å². The summed E-state index contributed by atoms with van der Waals surface area (Å²) in [6, 6.07) is 0.807. The summed E-state index contributed by atoms with van der Waals surface area (Å²) in [6.07, 6.45) is 7.02. The largest absolute Gasteiger partial charge is 0.312 e.